The number of hydrogen-bond acceptors (Lipinski definition) is 6. The minimum absolute atomic E-state index is 0.772. The van der Waals surface area contributed by atoms with E-state index in [1.807, 2.05) is 16.6 Å². The van der Waals surface area contributed by atoms with Gasteiger partial charge in [0.1, 0.15) is 5.01 Å². The van der Waals surface area contributed by atoms with Crippen molar-refractivity contribution in [1.82, 2.24) is 29.7 Å². The second-order valence-electron chi connectivity index (χ2n) is 4.42. The van der Waals surface area contributed by atoms with E-state index in [0.29, 0.717) is 0 Å². The van der Waals surface area contributed by atoms with Crippen molar-refractivity contribution in [3.05, 3.63) is 30.4 Å². The number of hydrogen-bond donors (Lipinski definition) is 0. The van der Waals surface area contributed by atoms with Crippen molar-refractivity contribution in [2.24, 2.45) is 0 Å². The molecule has 3 aromatic rings. The Labute approximate surface area is 121 Å². The first-order valence-electron chi connectivity index (χ1n) is 6.65. The Kier molecular flexibility index (Phi) is 3.70. The number of nitrogens with zero attached hydrogens (tertiary/aromatic N) is 6. The third-order valence-corrected chi connectivity index (χ3v) is 4.19. The molecule has 0 spiro atoms. The molecule has 0 bridgehead atoms. The van der Waals surface area contributed by atoms with E-state index in [4.69, 9.17) is 0 Å². The highest BCUT2D eigenvalue weighted by Crippen LogP contribution is 2.24. The molecule has 0 saturated heterocycles. The van der Waals surface area contributed by atoms with Gasteiger partial charge in [-0.15, -0.1) is 10.2 Å². The summed E-state index contributed by atoms with van der Waals surface area (Å²) in [7, 11) is 0. The molecule has 0 amide bonds. The van der Waals surface area contributed by atoms with Gasteiger partial charge in [-0.05, 0) is 25.2 Å². The summed E-state index contributed by atoms with van der Waals surface area (Å²) in [6, 6.07) is 3.91. The van der Waals surface area contributed by atoms with E-state index >= 15 is 0 Å². The van der Waals surface area contributed by atoms with Gasteiger partial charge in [0.05, 0.1) is 6.54 Å². The van der Waals surface area contributed by atoms with Crippen molar-refractivity contribution in [3.63, 3.8) is 0 Å². The van der Waals surface area contributed by atoms with Crippen molar-refractivity contribution in [2.45, 2.75) is 20.4 Å². The van der Waals surface area contributed by atoms with Crippen LogP contribution in [0, 0.1) is 0 Å². The monoisotopic (exact) mass is 288 g/mol. The number of fused-ring (bicyclic) bond motifs is 1. The topological polar surface area (TPSA) is 59.2 Å². The van der Waals surface area contributed by atoms with Crippen LogP contribution in [0.2, 0.25) is 0 Å². The lowest BCUT2D eigenvalue weighted by Crippen LogP contribution is -2.23. The van der Waals surface area contributed by atoms with Crippen LogP contribution in [-0.4, -0.2) is 42.8 Å². The fourth-order valence-electron chi connectivity index (χ4n) is 2.01. The van der Waals surface area contributed by atoms with Gasteiger partial charge in [0.2, 0.25) is 4.96 Å². The van der Waals surface area contributed by atoms with Crippen LogP contribution in [-0.2, 0) is 6.54 Å². The third-order valence-electron chi connectivity index (χ3n) is 3.24. The molecule has 0 aliphatic heterocycles. The molecule has 0 fully saturated rings. The lowest BCUT2D eigenvalue weighted by molar-refractivity contribution is 0.286. The zero-order chi connectivity index (χ0) is 13.9. The predicted octanol–water partition coefficient (Wildman–Crippen LogP) is 2.09. The molecule has 3 aromatic heterocycles. The maximum absolute atomic E-state index is 4.62. The Morgan fingerprint density at radius 1 is 1.15 bits per heavy atom. The first kappa shape index (κ1) is 13.1. The Morgan fingerprint density at radius 3 is 2.60 bits per heavy atom. The average Bonchev–Trinajstić information content (AvgIpc) is 3.07. The van der Waals surface area contributed by atoms with Gasteiger partial charge in [0.15, 0.2) is 5.82 Å². The molecule has 0 saturated carbocycles. The summed E-state index contributed by atoms with van der Waals surface area (Å²) < 4.78 is 1.85. The third kappa shape index (κ3) is 2.41. The Hall–Kier alpha value is -1.86. The zero-order valence-electron chi connectivity index (χ0n) is 11.5. The first-order chi connectivity index (χ1) is 9.81. The molecular formula is C13H16N6S. The molecule has 104 valence electrons. The molecular weight excluding hydrogens is 272 g/mol. The normalized spacial score (nSPS) is 11.6. The highest BCUT2D eigenvalue weighted by Gasteiger charge is 2.14. The van der Waals surface area contributed by atoms with Crippen LogP contribution in [0.4, 0.5) is 0 Å². The summed E-state index contributed by atoms with van der Waals surface area (Å²) in [4.78, 5) is 7.15. The fraction of sp³-hybridized carbons (Fsp3) is 0.385. The molecule has 0 N–H and O–H groups in total. The van der Waals surface area contributed by atoms with Crippen LogP contribution in [0.25, 0.3) is 15.5 Å². The van der Waals surface area contributed by atoms with Gasteiger partial charge in [0.25, 0.3) is 0 Å². The molecule has 3 heterocycles. The number of rotatable bonds is 5. The van der Waals surface area contributed by atoms with E-state index in [1.165, 1.54) is 0 Å². The zero-order valence-corrected chi connectivity index (χ0v) is 12.3. The minimum Gasteiger partial charge on any atom is -0.296 e. The molecule has 0 aliphatic rings. The van der Waals surface area contributed by atoms with Crippen LogP contribution in [0.15, 0.2) is 24.5 Å². The van der Waals surface area contributed by atoms with Crippen LogP contribution in [0.3, 0.4) is 0 Å². The summed E-state index contributed by atoms with van der Waals surface area (Å²) >= 11 is 1.55. The second-order valence-corrected chi connectivity index (χ2v) is 5.37. The number of aromatic nitrogens is 5. The van der Waals surface area contributed by atoms with Crippen molar-refractivity contribution in [3.8, 4) is 10.6 Å². The lowest BCUT2D eigenvalue weighted by Gasteiger charge is -2.15. The van der Waals surface area contributed by atoms with Crippen LogP contribution in [0.1, 0.15) is 19.7 Å². The van der Waals surface area contributed by atoms with Gasteiger partial charge in [-0.1, -0.05) is 25.2 Å². The quantitative estimate of drug-likeness (QED) is 0.719. The molecule has 0 radical (unpaired) electrons. The number of pyridine rings is 1. The molecule has 7 heteroatoms. The molecule has 0 aromatic carbocycles. The van der Waals surface area contributed by atoms with Gasteiger partial charge in [0, 0.05) is 18.0 Å². The Balaban J connectivity index is 1.95. The standard InChI is InChI=1S/C13H16N6S/c1-3-18(4-2)9-11-15-16-13-19(11)17-12(20-13)10-5-7-14-8-6-10/h5-8H,3-4,9H2,1-2H3. The largest absolute Gasteiger partial charge is 0.296 e. The highest BCUT2D eigenvalue weighted by atomic mass is 32.1. The van der Waals surface area contributed by atoms with Crippen molar-refractivity contribution >= 4 is 16.3 Å². The van der Waals surface area contributed by atoms with E-state index in [2.05, 4.69) is 39.0 Å². The molecule has 0 atom stereocenters. The van der Waals surface area contributed by atoms with Crippen molar-refractivity contribution in [1.29, 1.82) is 0 Å². The molecule has 3 rings (SSSR count). The summed E-state index contributed by atoms with van der Waals surface area (Å²) in [6.45, 7) is 7.05. The lowest BCUT2D eigenvalue weighted by atomic mass is 10.3. The SMILES string of the molecule is CCN(CC)Cc1nnc2sc(-c3ccncc3)nn12. The van der Waals surface area contributed by atoms with E-state index in [0.717, 1.165) is 41.0 Å². The summed E-state index contributed by atoms with van der Waals surface area (Å²) in [6.07, 6.45) is 3.54. The molecule has 6 nitrogen and oxygen atoms in total. The minimum atomic E-state index is 0.772. The van der Waals surface area contributed by atoms with Gasteiger partial charge in [-0.25, -0.2) is 0 Å². The van der Waals surface area contributed by atoms with E-state index in [1.54, 1.807) is 23.7 Å². The highest BCUT2D eigenvalue weighted by molar-refractivity contribution is 7.19. The Bertz CT molecular complexity index is 685. The molecule has 0 aliphatic carbocycles. The predicted molar refractivity (Wildman–Crippen MR) is 78.5 cm³/mol. The second kappa shape index (κ2) is 5.64. The maximum atomic E-state index is 4.62. The van der Waals surface area contributed by atoms with Gasteiger partial charge in [-0.3, -0.25) is 9.88 Å². The van der Waals surface area contributed by atoms with Gasteiger partial charge < -0.3 is 0 Å². The van der Waals surface area contributed by atoms with Gasteiger partial charge in [-0.2, -0.15) is 9.61 Å². The van der Waals surface area contributed by atoms with Gasteiger partial charge >= 0.3 is 0 Å². The maximum Gasteiger partial charge on any atom is 0.235 e. The van der Waals surface area contributed by atoms with E-state index in [-0.39, 0.29) is 0 Å². The van der Waals surface area contributed by atoms with E-state index in [9.17, 15) is 0 Å². The van der Waals surface area contributed by atoms with Crippen molar-refractivity contribution < 1.29 is 0 Å². The fourth-order valence-corrected chi connectivity index (χ4v) is 2.88. The molecule has 0 unspecified atom stereocenters. The average molecular weight is 288 g/mol. The van der Waals surface area contributed by atoms with Crippen LogP contribution >= 0.6 is 11.3 Å². The summed E-state index contributed by atoms with van der Waals surface area (Å²) in [5.41, 5.74) is 1.06. The first-order valence-corrected chi connectivity index (χ1v) is 7.47. The van der Waals surface area contributed by atoms with E-state index < -0.39 is 0 Å². The van der Waals surface area contributed by atoms with Crippen LogP contribution in [0.5, 0.6) is 0 Å². The molecule has 20 heavy (non-hydrogen) atoms. The Morgan fingerprint density at radius 2 is 1.90 bits per heavy atom. The summed E-state index contributed by atoms with van der Waals surface area (Å²) in [5.74, 6) is 0.889. The van der Waals surface area contributed by atoms with Crippen molar-refractivity contribution in [2.75, 3.05) is 13.1 Å². The van der Waals surface area contributed by atoms with Crippen LogP contribution < -0.4 is 0 Å². The summed E-state index contributed by atoms with van der Waals surface area (Å²) in [5, 5.41) is 14.0. The smallest absolute Gasteiger partial charge is 0.235 e.